The average Bonchev–Trinajstić information content (AvgIpc) is 3.88. The van der Waals surface area contributed by atoms with Gasteiger partial charge in [-0.15, -0.1) is 0 Å². The molecule has 0 bridgehead atoms. The van der Waals surface area contributed by atoms with Gasteiger partial charge in [-0.1, -0.05) is 19.9 Å². The average molecular weight is 896 g/mol. The molecule has 6 aliphatic rings. The van der Waals surface area contributed by atoms with Gasteiger partial charge >= 0.3 is 0 Å². The minimum Gasteiger partial charge on any atom is -0.385 e. The Morgan fingerprint density at radius 2 is 1.63 bits per heavy atom. The van der Waals surface area contributed by atoms with Crippen molar-refractivity contribution in [1.82, 2.24) is 35.3 Å². The fraction of sp³-hybridized carbons (Fsp3) is 0.583. The van der Waals surface area contributed by atoms with Gasteiger partial charge in [0.15, 0.2) is 0 Å². The number of benzene rings is 2. The molecule has 3 N–H and O–H groups in total. The summed E-state index contributed by atoms with van der Waals surface area (Å²) in [5.41, 5.74) is 2.61. The topological polar surface area (TPSA) is 150 Å². The van der Waals surface area contributed by atoms with E-state index in [1.165, 1.54) is 12.1 Å². The summed E-state index contributed by atoms with van der Waals surface area (Å²) >= 11 is 0. The van der Waals surface area contributed by atoms with Gasteiger partial charge in [0.2, 0.25) is 17.7 Å². The Morgan fingerprint density at radius 1 is 0.862 bits per heavy atom. The normalized spacial score (nSPS) is 23.4. The first kappa shape index (κ1) is 44.8. The highest BCUT2D eigenvalue weighted by Crippen LogP contribution is 2.36. The van der Waals surface area contributed by atoms with Crippen molar-refractivity contribution in [2.75, 3.05) is 99.1 Å². The number of halogens is 2. The van der Waals surface area contributed by atoms with Crippen LogP contribution in [0, 0.1) is 23.0 Å². The van der Waals surface area contributed by atoms with Crippen molar-refractivity contribution < 1.29 is 28.0 Å². The molecule has 0 aliphatic carbocycles. The number of anilines is 4. The van der Waals surface area contributed by atoms with Crippen molar-refractivity contribution in [3.05, 3.63) is 71.1 Å². The van der Waals surface area contributed by atoms with Gasteiger partial charge < -0.3 is 35.1 Å². The number of nitrogens with zero attached hydrogens (tertiary/aromatic N) is 8. The van der Waals surface area contributed by atoms with Gasteiger partial charge in [-0.25, -0.2) is 18.7 Å². The van der Waals surface area contributed by atoms with E-state index in [0.717, 1.165) is 94.4 Å². The molecule has 6 aliphatic heterocycles. The summed E-state index contributed by atoms with van der Waals surface area (Å²) in [6.45, 7) is 13.0. The van der Waals surface area contributed by atoms with Crippen molar-refractivity contribution >= 4 is 46.6 Å². The lowest BCUT2D eigenvalue weighted by molar-refractivity contribution is -0.137. The Balaban J connectivity index is 0.729. The smallest absolute Gasteiger partial charge is 0.255 e. The fourth-order valence-corrected chi connectivity index (χ4v) is 10.8. The molecule has 17 heteroatoms. The molecular weight excluding hydrogens is 833 g/mol. The molecule has 65 heavy (non-hydrogen) atoms. The van der Waals surface area contributed by atoms with Crippen LogP contribution < -0.4 is 30.7 Å². The minimum atomic E-state index is -0.636. The van der Waals surface area contributed by atoms with Crippen LogP contribution in [0.25, 0.3) is 0 Å². The van der Waals surface area contributed by atoms with Crippen LogP contribution in [0.4, 0.5) is 31.8 Å². The van der Waals surface area contributed by atoms with Crippen LogP contribution >= 0.6 is 0 Å². The highest BCUT2D eigenvalue weighted by atomic mass is 19.1. The van der Waals surface area contributed by atoms with Crippen LogP contribution in [-0.2, 0) is 27.5 Å². The first-order valence-electron chi connectivity index (χ1n) is 23.5. The van der Waals surface area contributed by atoms with E-state index in [4.69, 9.17) is 0 Å². The van der Waals surface area contributed by atoms with Crippen LogP contribution in [0.2, 0.25) is 0 Å². The van der Waals surface area contributed by atoms with Gasteiger partial charge in [-0.3, -0.25) is 29.4 Å². The summed E-state index contributed by atoms with van der Waals surface area (Å²) in [6, 6.07) is 9.68. The summed E-state index contributed by atoms with van der Waals surface area (Å²) in [5, 5.41) is 9.12. The predicted molar refractivity (Wildman–Crippen MR) is 245 cm³/mol. The number of likely N-dealkylation sites (tertiary alicyclic amines) is 1. The Hall–Kier alpha value is -5.42. The number of imide groups is 1. The van der Waals surface area contributed by atoms with E-state index >= 15 is 8.78 Å². The zero-order valence-electron chi connectivity index (χ0n) is 38.0. The first-order valence-corrected chi connectivity index (χ1v) is 23.5. The zero-order valence-corrected chi connectivity index (χ0v) is 38.0. The molecule has 9 rings (SSSR count). The summed E-state index contributed by atoms with van der Waals surface area (Å²) < 4.78 is 31.2. The second-order valence-electron chi connectivity index (χ2n) is 20.1. The van der Waals surface area contributed by atoms with E-state index in [1.54, 1.807) is 22.2 Å². The number of carbonyl (C=O) groups is 4. The number of aromatic nitrogens is 2. The van der Waals surface area contributed by atoms with E-state index in [9.17, 15) is 19.2 Å². The predicted octanol–water partition coefficient (Wildman–Crippen LogP) is 4.37. The maximum absolute atomic E-state index is 15.7. The van der Waals surface area contributed by atoms with Crippen LogP contribution in [0.1, 0.15) is 86.7 Å². The number of piperazine rings is 1. The Labute approximate surface area is 380 Å². The first-order chi connectivity index (χ1) is 31.2. The van der Waals surface area contributed by atoms with Gasteiger partial charge in [0.25, 0.3) is 5.91 Å². The van der Waals surface area contributed by atoms with Gasteiger partial charge in [0.05, 0.1) is 17.8 Å². The number of carbonyl (C=O) groups excluding carboxylic acids is 4. The quantitative estimate of drug-likeness (QED) is 0.165. The SMILES string of the molecule is CN(CCCNc1cccc2c1CN(C1CCC(=O)NC1=O)C2=O)C[C@@H]1CCN(c2cc(N3CCC4(CC3)CN(c3cc(F)c(CN5CCC(C)(C)CC5)cc3F)CC(=O)N4)ncn2)C1. The summed E-state index contributed by atoms with van der Waals surface area (Å²) in [4.78, 5) is 72.2. The molecule has 3 aromatic rings. The van der Waals surface area contributed by atoms with E-state index < -0.39 is 29.1 Å². The van der Waals surface area contributed by atoms with Crippen LogP contribution in [-0.4, -0.2) is 139 Å². The number of hydrogen-bond donors (Lipinski definition) is 3. The number of amides is 4. The van der Waals surface area contributed by atoms with Crippen molar-refractivity contribution in [2.24, 2.45) is 11.3 Å². The molecule has 1 spiro atoms. The third kappa shape index (κ3) is 9.91. The monoisotopic (exact) mass is 896 g/mol. The molecule has 0 radical (unpaired) electrons. The molecule has 348 valence electrons. The molecule has 5 saturated heterocycles. The second kappa shape index (κ2) is 18.5. The van der Waals surface area contributed by atoms with Crippen molar-refractivity contribution in [1.29, 1.82) is 0 Å². The number of hydrogen-bond acceptors (Lipinski definition) is 12. The number of fused-ring (bicyclic) bond motifs is 1. The molecule has 1 unspecified atom stereocenters. The molecule has 1 aromatic heterocycles. The standard InChI is InChI=1S/C48H63F2N11O4/c1-47(2)11-18-57(19-12-47)27-33-22-37(50)40(23-36(33)49)60-29-44(63)55-48(30-60)13-20-58(21-14-48)41-24-42(53-31-52-41)59-17-10-32(26-59)25-56(3)16-5-15-51-38-7-4-6-34-35(38)28-61(46(34)65)39-8-9-43(62)54-45(39)64/h4,6-7,22-24,31-32,39,51H,5,8-21,25-30H2,1-3H3,(H,55,63)(H,54,62,64)/t32-,39?/m0/s1. The van der Waals surface area contributed by atoms with Gasteiger partial charge in [0.1, 0.15) is 35.6 Å². The van der Waals surface area contributed by atoms with Gasteiger partial charge in [-0.2, -0.15) is 0 Å². The number of nitrogens with one attached hydrogen (secondary N) is 3. The second-order valence-corrected chi connectivity index (χ2v) is 20.1. The molecule has 4 amide bonds. The Kier molecular flexibility index (Phi) is 12.7. The van der Waals surface area contributed by atoms with Crippen LogP contribution in [0.3, 0.4) is 0 Å². The van der Waals surface area contributed by atoms with Gasteiger partial charge in [0, 0.05) is 99.8 Å². The van der Waals surface area contributed by atoms with Gasteiger partial charge in [-0.05, 0) is 101 Å². The maximum Gasteiger partial charge on any atom is 0.255 e. The van der Waals surface area contributed by atoms with Crippen molar-refractivity contribution in [2.45, 2.75) is 89.9 Å². The Morgan fingerprint density at radius 3 is 2.40 bits per heavy atom. The molecule has 7 heterocycles. The number of rotatable bonds is 13. The molecule has 2 atom stereocenters. The van der Waals surface area contributed by atoms with Crippen molar-refractivity contribution in [3.8, 4) is 0 Å². The molecule has 0 saturated carbocycles. The largest absolute Gasteiger partial charge is 0.385 e. The maximum atomic E-state index is 15.7. The molecular formula is C48H63F2N11O4. The number of piperidine rings is 3. The van der Waals surface area contributed by atoms with E-state index in [1.807, 2.05) is 12.1 Å². The zero-order chi connectivity index (χ0) is 45.5. The van der Waals surface area contributed by atoms with E-state index in [2.05, 4.69) is 72.5 Å². The minimum absolute atomic E-state index is 0.0165. The van der Waals surface area contributed by atoms with Crippen LogP contribution in [0.15, 0.2) is 42.7 Å². The van der Waals surface area contributed by atoms with Crippen molar-refractivity contribution in [3.63, 3.8) is 0 Å². The lowest BCUT2D eigenvalue weighted by Gasteiger charge is -2.48. The third-order valence-corrected chi connectivity index (χ3v) is 14.8. The highest BCUT2D eigenvalue weighted by Gasteiger charge is 2.43. The van der Waals surface area contributed by atoms with E-state index in [-0.39, 0.29) is 41.8 Å². The summed E-state index contributed by atoms with van der Waals surface area (Å²) in [7, 11) is 2.15. The third-order valence-electron chi connectivity index (χ3n) is 14.8. The molecule has 15 nitrogen and oxygen atoms in total. The molecule has 2 aromatic carbocycles. The highest BCUT2D eigenvalue weighted by molar-refractivity contribution is 6.06. The Bertz CT molecular complexity index is 2290. The molecule has 5 fully saturated rings. The fourth-order valence-electron chi connectivity index (χ4n) is 10.8. The lowest BCUT2D eigenvalue weighted by Crippen LogP contribution is -2.66. The van der Waals surface area contributed by atoms with Crippen LogP contribution in [0.5, 0.6) is 0 Å². The summed E-state index contributed by atoms with van der Waals surface area (Å²) in [5.74, 6) is 0.241. The lowest BCUT2D eigenvalue weighted by atomic mass is 9.82. The summed E-state index contributed by atoms with van der Waals surface area (Å²) in [6.07, 6.45) is 7.51. The van der Waals surface area contributed by atoms with E-state index in [0.29, 0.717) is 69.0 Å².